The predicted molar refractivity (Wildman–Crippen MR) is 105 cm³/mol. The van der Waals surface area contributed by atoms with E-state index in [9.17, 15) is 35.7 Å². The lowest BCUT2D eigenvalue weighted by molar-refractivity contribution is -0.277. The van der Waals surface area contributed by atoms with Crippen molar-refractivity contribution in [3.05, 3.63) is 42.5 Å². The molecule has 0 amide bonds. The van der Waals surface area contributed by atoms with Gasteiger partial charge in [-0.3, -0.25) is 0 Å². The first-order valence-electron chi connectivity index (χ1n) is 9.38. The van der Waals surface area contributed by atoms with E-state index < -0.39 is 37.3 Å². The van der Waals surface area contributed by atoms with Crippen LogP contribution in [0.25, 0.3) is 22.3 Å². The van der Waals surface area contributed by atoms with E-state index in [-0.39, 0.29) is 39.7 Å². The molecule has 1 aromatic heterocycles. The average Bonchev–Trinajstić information content (AvgIpc) is 2.74. The molecule has 0 radical (unpaired) electrons. The number of rotatable bonds is 4. The van der Waals surface area contributed by atoms with E-state index in [0.29, 0.717) is 5.56 Å². The number of fused-ring (bicyclic) bond motifs is 1. The Morgan fingerprint density at radius 3 is 2.26 bits per heavy atom. The lowest BCUT2D eigenvalue weighted by atomic mass is 9.99. The van der Waals surface area contributed by atoms with Crippen molar-refractivity contribution >= 4 is 11.0 Å². The van der Waals surface area contributed by atoms with E-state index in [2.05, 4.69) is 0 Å². The standard InChI is InChI=1S/C21H20O10/c22-8-16-17(26)18(27)19(28)21(31-16)30-15-7-12-13(25)5-11(24)6-14(12)29-20(15)9-1-3-10(23)4-2-9/h1-7,16-19,21-22,26-28H,8H2,(H2-,23,24,25)/p+1/t16-,17-,18+,19-,21+/m0/s1. The van der Waals surface area contributed by atoms with E-state index in [1.165, 1.54) is 36.4 Å². The van der Waals surface area contributed by atoms with Crippen molar-refractivity contribution in [1.29, 1.82) is 0 Å². The van der Waals surface area contributed by atoms with E-state index in [4.69, 9.17) is 13.9 Å². The molecule has 1 aliphatic rings. The normalized spacial score (nSPS) is 26.1. The molecule has 0 bridgehead atoms. The largest absolute Gasteiger partial charge is 0.508 e. The zero-order chi connectivity index (χ0) is 22.3. The summed E-state index contributed by atoms with van der Waals surface area (Å²) < 4.78 is 17.0. The molecule has 2 heterocycles. The molecule has 0 saturated carbocycles. The van der Waals surface area contributed by atoms with Crippen molar-refractivity contribution in [2.45, 2.75) is 30.7 Å². The van der Waals surface area contributed by atoms with Crippen LogP contribution in [-0.4, -0.2) is 73.1 Å². The van der Waals surface area contributed by atoms with Crippen molar-refractivity contribution in [1.82, 2.24) is 0 Å². The summed E-state index contributed by atoms with van der Waals surface area (Å²) in [6.07, 6.45) is -7.52. The fourth-order valence-electron chi connectivity index (χ4n) is 3.38. The second-order valence-electron chi connectivity index (χ2n) is 7.18. The molecule has 31 heavy (non-hydrogen) atoms. The number of hydrogen-bond donors (Lipinski definition) is 7. The molecule has 1 aliphatic heterocycles. The lowest BCUT2D eigenvalue weighted by Gasteiger charge is -2.39. The molecule has 10 heteroatoms. The lowest BCUT2D eigenvalue weighted by Crippen LogP contribution is -2.60. The zero-order valence-electron chi connectivity index (χ0n) is 16.0. The minimum Gasteiger partial charge on any atom is -0.508 e. The topological polar surface area (TPSA) is 171 Å². The number of aliphatic hydroxyl groups is 4. The highest BCUT2D eigenvalue weighted by atomic mass is 16.7. The van der Waals surface area contributed by atoms with Crippen LogP contribution < -0.4 is 4.74 Å². The summed E-state index contributed by atoms with van der Waals surface area (Å²) in [7, 11) is 0. The third-order valence-electron chi connectivity index (χ3n) is 5.04. The predicted octanol–water partition coefficient (Wildman–Crippen LogP) is 0.676. The molecular formula is C21H21O10+. The molecule has 10 nitrogen and oxygen atoms in total. The number of aromatic hydroxyl groups is 3. The number of benzene rings is 2. The number of aliphatic hydroxyl groups excluding tert-OH is 4. The maximum absolute atomic E-state index is 10.3. The number of hydrogen-bond acceptors (Lipinski definition) is 9. The van der Waals surface area contributed by atoms with Gasteiger partial charge in [0.05, 0.1) is 18.2 Å². The highest BCUT2D eigenvalue weighted by molar-refractivity contribution is 5.88. The minimum atomic E-state index is -1.66. The fraction of sp³-hybridized carbons (Fsp3) is 0.286. The van der Waals surface area contributed by atoms with E-state index in [1.807, 2.05) is 0 Å². The first-order valence-corrected chi connectivity index (χ1v) is 9.38. The maximum Gasteiger partial charge on any atom is 0.402 e. The van der Waals surface area contributed by atoms with Gasteiger partial charge < -0.3 is 45.2 Å². The zero-order valence-corrected chi connectivity index (χ0v) is 16.0. The number of phenols is 3. The Morgan fingerprint density at radius 2 is 1.58 bits per heavy atom. The minimum absolute atomic E-state index is 0.0104. The molecular weight excluding hydrogens is 412 g/mol. The Morgan fingerprint density at radius 1 is 0.871 bits per heavy atom. The van der Waals surface area contributed by atoms with E-state index in [1.54, 1.807) is 0 Å². The van der Waals surface area contributed by atoms with Crippen molar-refractivity contribution in [2.75, 3.05) is 6.61 Å². The molecule has 1 saturated heterocycles. The van der Waals surface area contributed by atoms with Gasteiger partial charge in [0.1, 0.15) is 47.1 Å². The molecule has 0 unspecified atom stereocenters. The summed E-state index contributed by atoms with van der Waals surface area (Å²) in [6, 6.07) is 9.66. The summed E-state index contributed by atoms with van der Waals surface area (Å²) in [4.78, 5) is 0. The van der Waals surface area contributed by atoms with Crippen molar-refractivity contribution < 1.29 is 49.6 Å². The Kier molecular flexibility index (Phi) is 5.56. The maximum atomic E-state index is 10.3. The second kappa shape index (κ2) is 8.17. The van der Waals surface area contributed by atoms with Crippen molar-refractivity contribution in [2.24, 2.45) is 0 Å². The third kappa shape index (κ3) is 3.94. The number of phenolic OH excluding ortho intramolecular Hbond substituents is 3. The molecule has 1 fully saturated rings. The fourth-order valence-corrected chi connectivity index (χ4v) is 3.38. The molecule has 164 valence electrons. The van der Waals surface area contributed by atoms with Gasteiger partial charge in [0.2, 0.25) is 12.0 Å². The Bertz CT molecular complexity index is 1080. The van der Waals surface area contributed by atoms with Crippen LogP contribution >= 0.6 is 0 Å². The third-order valence-corrected chi connectivity index (χ3v) is 5.04. The van der Waals surface area contributed by atoms with Gasteiger partial charge in [0.15, 0.2) is 0 Å². The monoisotopic (exact) mass is 433 g/mol. The molecule has 0 aliphatic carbocycles. The Balaban J connectivity index is 1.81. The quantitative estimate of drug-likeness (QED) is 0.290. The van der Waals surface area contributed by atoms with Crippen molar-refractivity contribution in [3.8, 4) is 34.3 Å². The summed E-state index contributed by atoms with van der Waals surface area (Å²) in [5.41, 5.74) is 0.573. The van der Waals surface area contributed by atoms with Crippen LogP contribution in [0.5, 0.6) is 23.0 Å². The van der Waals surface area contributed by atoms with Crippen LogP contribution in [0.2, 0.25) is 0 Å². The molecule has 7 N–H and O–H groups in total. The van der Waals surface area contributed by atoms with Gasteiger partial charge in [-0.2, -0.15) is 0 Å². The van der Waals surface area contributed by atoms with Crippen LogP contribution in [0, 0.1) is 0 Å². The van der Waals surface area contributed by atoms with Crippen LogP contribution in [-0.2, 0) is 4.74 Å². The van der Waals surface area contributed by atoms with Crippen LogP contribution in [0.1, 0.15) is 0 Å². The SMILES string of the molecule is OC[C@@H]1O[C@@H](Oc2cc3c(O)cc(O)cc3[o+]c2-c2ccc(O)cc2)[C@@H](O)[C@H](O)[C@H]1O. The summed E-state index contributed by atoms with van der Waals surface area (Å²) in [5, 5.41) is 69.4. The Hall–Kier alpha value is -3.15. The highest BCUT2D eigenvalue weighted by Crippen LogP contribution is 2.40. The highest BCUT2D eigenvalue weighted by Gasteiger charge is 2.45. The summed E-state index contributed by atoms with van der Waals surface area (Å²) in [6.45, 7) is -0.627. The smallest absolute Gasteiger partial charge is 0.402 e. The van der Waals surface area contributed by atoms with Crippen LogP contribution in [0.4, 0.5) is 0 Å². The van der Waals surface area contributed by atoms with Crippen LogP contribution in [0.15, 0.2) is 46.9 Å². The number of ether oxygens (including phenoxy) is 2. The molecule has 2 aromatic carbocycles. The van der Waals surface area contributed by atoms with E-state index in [0.717, 1.165) is 6.07 Å². The van der Waals surface area contributed by atoms with Crippen molar-refractivity contribution in [3.63, 3.8) is 0 Å². The van der Waals surface area contributed by atoms with Gasteiger partial charge in [0.25, 0.3) is 0 Å². The van der Waals surface area contributed by atoms with Gasteiger partial charge >= 0.3 is 11.3 Å². The molecule has 4 rings (SSSR count). The van der Waals surface area contributed by atoms with Gasteiger partial charge in [0, 0.05) is 12.1 Å². The van der Waals surface area contributed by atoms with Gasteiger partial charge in [-0.15, -0.1) is 0 Å². The van der Waals surface area contributed by atoms with Crippen LogP contribution in [0.3, 0.4) is 0 Å². The molecule has 5 atom stereocenters. The van der Waals surface area contributed by atoms with Gasteiger partial charge in [-0.1, -0.05) is 0 Å². The first-order chi connectivity index (χ1) is 14.8. The Labute approximate surface area is 175 Å². The first kappa shape index (κ1) is 21.1. The summed E-state index contributed by atoms with van der Waals surface area (Å²) in [5.74, 6) is -0.420. The van der Waals surface area contributed by atoms with E-state index >= 15 is 0 Å². The second-order valence-corrected chi connectivity index (χ2v) is 7.18. The van der Waals surface area contributed by atoms with Gasteiger partial charge in [-0.05, 0) is 24.3 Å². The molecule has 3 aromatic rings. The van der Waals surface area contributed by atoms with Gasteiger partial charge in [-0.25, -0.2) is 4.42 Å². The average molecular weight is 433 g/mol. The summed E-state index contributed by atoms with van der Waals surface area (Å²) >= 11 is 0. The molecule has 0 spiro atoms.